The average molecular weight is 466 g/mol. The molecule has 0 radical (unpaired) electrons. The molecule has 152 valence electrons. The van der Waals surface area contributed by atoms with Crippen molar-refractivity contribution in [1.82, 2.24) is 9.29 Å². The van der Waals surface area contributed by atoms with Crippen LogP contribution in [0.3, 0.4) is 0 Å². The summed E-state index contributed by atoms with van der Waals surface area (Å²) in [5, 5.41) is 7.44. The van der Waals surface area contributed by atoms with Crippen LogP contribution in [0.25, 0.3) is 11.3 Å². The van der Waals surface area contributed by atoms with Crippen LogP contribution in [-0.4, -0.2) is 48.2 Å². The average Bonchev–Trinajstić information content (AvgIpc) is 3.39. The van der Waals surface area contributed by atoms with Crippen LogP contribution in [-0.2, 0) is 10.0 Å². The minimum absolute atomic E-state index is 0.0847. The Hall–Kier alpha value is -1.72. The van der Waals surface area contributed by atoms with Crippen LogP contribution in [0, 0.1) is 6.92 Å². The fraction of sp³-hybridized carbons (Fsp3) is 0.263. The van der Waals surface area contributed by atoms with Crippen LogP contribution >= 0.6 is 34.4 Å². The first-order valence-corrected chi connectivity index (χ1v) is 13.3. The van der Waals surface area contributed by atoms with Gasteiger partial charge in [-0.15, -0.1) is 22.7 Å². The van der Waals surface area contributed by atoms with Crippen molar-refractivity contribution in [2.75, 3.05) is 29.9 Å². The van der Waals surface area contributed by atoms with E-state index in [1.807, 2.05) is 24.4 Å². The maximum atomic E-state index is 13.0. The number of sulfonamides is 1. The second-order valence-electron chi connectivity index (χ2n) is 6.41. The summed E-state index contributed by atoms with van der Waals surface area (Å²) in [6.45, 7) is 2.90. The molecule has 1 fully saturated rings. The quantitative estimate of drug-likeness (QED) is 0.612. The first kappa shape index (κ1) is 20.5. The number of thiophene rings is 1. The number of anilines is 1. The number of aryl methyl sites for hydroxylation is 1. The van der Waals surface area contributed by atoms with Gasteiger partial charge in [0.1, 0.15) is 9.77 Å². The third-order valence-corrected chi connectivity index (χ3v) is 9.18. The summed E-state index contributed by atoms with van der Waals surface area (Å²) < 4.78 is 27.4. The molecule has 6 nitrogen and oxygen atoms in total. The molecule has 29 heavy (non-hydrogen) atoms. The SMILES string of the molecule is Cc1nc(-c2ccc(NC(=O)c3sccc3S(=O)(=O)N3CCSCC3)cc2)cs1. The smallest absolute Gasteiger partial charge is 0.267 e. The normalized spacial score (nSPS) is 15.3. The number of rotatable bonds is 5. The van der Waals surface area contributed by atoms with Crippen molar-refractivity contribution in [2.24, 2.45) is 0 Å². The van der Waals surface area contributed by atoms with Gasteiger partial charge >= 0.3 is 0 Å². The number of nitrogens with one attached hydrogen (secondary N) is 1. The number of thiazole rings is 1. The molecule has 1 aromatic carbocycles. The van der Waals surface area contributed by atoms with Crippen molar-refractivity contribution in [1.29, 1.82) is 0 Å². The Morgan fingerprint density at radius 1 is 1.10 bits per heavy atom. The summed E-state index contributed by atoms with van der Waals surface area (Å²) in [5.41, 5.74) is 2.48. The predicted molar refractivity (Wildman–Crippen MR) is 121 cm³/mol. The molecule has 2 aromatic heterocycles. The van der Waals surface area contributed by atoms with Gasteiger partial charge in [0.2, 0.25) is 10.0 Å². The Kier molecular flexibility index (Phi) is 6.07. The van der Waals surface area contributed by atoms with E-state index in [1.54, 1.807) is 40.6 Å². The molecular weight excluding hydrogens is 446 g/mol. The molecule has 1 N–H and O–H groups in total. The molecule has 0 aliphatic carbocycles. The summed E-state index contributed by atoms with van der Waals surface area (Å²) in [5.74, 6) is 1.13. The van der Waals surface area contributed by atoms with E-state index in [1.165, 1.54) is 10.4 Å². The third kappa shape index (κ3) is 4.41. The number of hydrogen-bond acceptors (Lipinski definition) is 7. The van der Waals surface area contributed by atoms with E-state index in [0.29, 0.717) is 18.8 Å². The zero-order valence-corrected chi connectivity index (χ0v) is 18.9. The number of carbonyl (C=O) groups is 1. The number of carbonyl (C=O) groups excluding carboxylic acids is 1. The summed E-state index contributed by atoms with van der Waals surface area (Å²) in [6, 6.07) is 8.89. The lowest BCUT2D eigenvalue weighted by molar-refractivity contribution is 0.102. The van der Waals surface area contributed by atoms with Crippen LogP contribution in [0.2, 0.25) is 0 Å². The number of aromatic nitrogens is 1. The van der Waals surface area contributed by atoms with Gasteiger partial charge in [-0.3, -0.25) is 4.79 Å². The van der Waals surface area contributed by atoms with Crippen LogP contribution in [0.5, 0.6) is 0 Å². The molecule has 3 heterocycles. The number of amides is 1. The van der Waals surface area contributed by atoms with Crippen LogP contribution in [0.1, 0.15) is 14.7 Å². The number of thioether (sulfide) groups is 1. The maximum absolute atomic E-state index is 13.0. The first-order chi connectivity index (χ1) is 13.9. The Morgan fingerprint density at radius 2 is 1.83 bits per heavy atom. The van der Waals surface area contributed by atoms with Gasteiger partial charge in [-0.2, -0.15) is 16.1 Å². The Bertz CT molecular complexity index is 1110. The molecule has 0 unspecified atom stereocenters. The third-order valence-electron chi connectivity index (χ3n) is 4.48. The van der Waals surface area contributed by atoms with Gasteiger partial charge in [-0.25, -0.2) is 13.4 Å². The van der Waals surface area contributed by atoms with Crippen molar-refractivity contribution in [2.45, 2.75) is 11.8 Å². The highest BCUT2D eigenvalue weighted by Crippen LogP contribution is 2.28. The monoisotopic (exact) mass is 465 g/mol. The van der Waals surface area contributed by atoms with Crippen molar-refractivity contribution < 1.29 is 13.2 Å². The number of nitrogens with zero attached hydrogens (tertiary/aromatic N) is 2. The van der Waals surface area contributed by atoms with Crippen molar-refractivity contribution in [3.63, 3.8) is 0 Å². The summed E-state index contributed by atoms with van der Waals surface area (Å²) in [6.07, 6.45) is 0. The summed E-state index contributed by atoms with van der Waals surface area (Å²) in [7, 11) is -3.66. The number of hydrogen-bond donors (Lipinski definition) is 1. The van der Waals surface area contributed by atoms with E-state index in [4.69, 9.17) is 0 Å². The first-order valence-electron chi connectivity index (χ1n) is 8.94. The Balaban J connectivity index is 1.52. The molecule has 0 spiro atoms. The summed E-state index contributed by atoms with van der Waals surface area (Å²) >= 11 is 4.46. The molecular formula is C19H19N3O3S4. The minimum atomic E-state index is -3.66. The second kappa shape index (κ2) is 8.57. The molecule has 1 amide bonds. The highest BCUT2D eigenvalue weighted by atomic mass is 32.2. The fourth-order valence-corrected chi connectivity index (χ4v) is 7.49. The molecule has 3 aromatic rings. The van der Waals surface area contributed by atoms with Gasteiger partial charge in [-0.05, 0) is 30.5 Å². The topological polar surface area (TPSA) is 79.4 Å². The minimum Gasteiger partial charge on any atom is -0.321 e. The lowest BCUT2D eigenvalue weighted by atomic mass is 10.1. The van der Waals surface area contributed by atoms with Gasteiger partial charge in [0, 0.05) is 41.2 Å². The summed E-state index contributed by atoms with van der Waals surface area (Å²) in [4.78, 5) is 17.5. The molecule has 0 atom stereocenters. The zero-order chi connectivity index (χ0) is 20.4. The molecule has 1 aliphatic heterocycles. The highest BCUT2D eigenvalue weighted by Gasteiger charge is 2.31. The molecule has 10 heteroatoms. The Labute approximate surface area is 182 Å². The van der Waals surface area contributed by atoms with Gasteiger partial charge in [0.05, 0.1) is 10.7 Å². The lowest BCUT2D eigenvalue weighted by Crippen LogP contribution is -2.38. The standard InChI is InChI=1S/C19H19N3O3S4/c1-13-20-16(12-28-13)14-2-4-15(5-3-14)21-19(23)18-17(6-9-27-18)29(24,25)22-7-10-26-11-8-22/h2-6,9,12H,7-8,10-11H2,1H3,(H,21,23). The predicted octanol–water partition coefficient (Wildman–Crippen LogP) is 4.17. The van der Waals surface area contributed by atoms with Gasteiger partial charge in [0.15, 0.2) is 0 Å². The lowest BCUT2D eigenvalue weighted by Gasteiger charge is -2.25. The molecule has 1 saturated heterocycles. The van der Waals surface area contributed by atoms with Crippen molar-refractivity contribution in [3.8, 4) is 11.3 Å². The highest BCUT2D eigenvalue weighted by molar-refractivity contribution is 7.99. The largest absolute Gasteiger partial charge is 0.321 e. The van der Waals surface area contributed by atoms with E-state index in [9.17, 15) is 13.2 Å². The van der Waals surface area contributed by atoms with Crippen LogP contribution in [0.4, 0.5) is 5.69 Å². The van der Waals surface area contributed by atoms with E-state index in [2.05, 4.69) is 10.3 Å². The molecule has 0 saturated carbocycles. The van der Waals surface area contributed by atoms with Gasteiger partial charge in [0.25, 0.3) is 5.91 Å². The van der Waals surface area contributed by atoms with Crippen LogP contribution < -0.4 is 5.32 Å². The fourth-order valence-electron chi connectivity index (χ4n) is 3.00. The Morgan fingerprint density at radius 3 is 2.48 bits per heavy atom. The van der Waals surface area contributed by atoms with E-state index in [0.717, 1.165) is 39.1 Å². The van der Waals surface area contributed by atoms with Crippen molar-refractivity contribution in [3.05, 3.63) is 51.0 Å². The van der Waals surface area contributed by atoms with E-state index in [-0.39, 0.29) is 9.77 Å². The van der Waals surface area contributed by atoms with Crippen LogP contribution in [0.15, 0.2) is 46.0 Å². The molecule has 0 bridgehead atoms. The second-order valence-corrected chi connectivity index (χ2v) is 11.5. The molecule has 4 rings (SSSR count). The van der Waals surface area contributed by atoms with E-state index < -0.39 is 15.9 Å². The zero-order valence-electron chi connectivity index (χ0n) is 15.6. The van der Waals surface area contributed by atoms with Crippen molar-refractivity contribution >= 4 is 56.1 Å². The van der Waals surface area contributed by atoms with E-state index >= 15 is 0 Å². The maximum Gasteiger partial charge on any atom is 0.267 e. The van der Waals surface area contributed by atoms with Gasteiger partial charge < -0.3 is 5.32 Å². The van der Waals surface area contributed by atoms with Gasteiger partial charge in [-0.1, -0.05) is 12.1 Å². The molecule has 1 aliphatic rings. The number of benzene rings is 1.